The highest BCUT2D eigenvalue weighted by Gasteiger charge is 2.26. The third-order valence-corrected chi connectivity index (χ3v) is 3.36. The third kappa shape index (κ3) is 2.53. The maximum atomic E-state index is 11.9. The molecule has 1 N–H and O–H groups in total. The molecule has 1 aromatic rings. The van der Waals surface area contributed by atoms with E-state index >= 15 is 0 Å². The van der Waals surface area contributed by atoms with Crippen molar-refractivity contribution in [1.29, 1.82) is 0 Å². The van der Waals surface area contributed by atoms with Crippen LogP contribution in [-0.4, -0.2) is 17.6 Å². The normalized spacial score (nSPS) is 14.3. The van der Waals surface area contributed by atoms with Gasteiger partial charge in [-0.3, -0.25) is 4.79 Å². The molecule has 0 saturated heterocycles. The quantitative estimate of drug-likeness (QED) is 0.729. The van der Waals surface area contributed by atoms with E-state index in [0.29, 0.717) is 5.11 Å². The Morgan fingerprint density at radius 2 is 2.00 bits per heavy atom. The second-order valence-electron chi connectivity index (χ2n) is 5.54. The molecule has 0 aliphatic carbocycles. The van der Waals surface area contributed by atoms with Crippen LogP contribution in [0.5, 0.6) is 0 Å². The van der Waals surface area contributed by atoms with Crippen LogP contribution in [0.3, 0.4) is 0 Å². The van der Waals surface area contributed by atoms with Crippen molar-refractivity contribution in [3.05, 3.63) is 29.8 Å². The summed E-state index contributed by atoms with van der Waals surface area (Å²) >= 11 is 5.33. The van der Waals surface area contributed by atoms with Crippen LogP contribution in [0.4, 0.5) is 5.69 Å². The fourth-order valence-corrected chi connectivity index (χ4v) is 2.18. The molecule has 0 saturated carbocycles. The Morgan fingerprint density at radius 1 is 1.33 bits per heavy atom. The molecule has 96 valence electrons. The topological polar surface area (TPSA) is 32.3 Å². The van der Waals surface area contributed by atoms with Crippen molar-refractivity contribution in [3.63, 3.8) is 0 Å². The van der Waals surface area contributed by atoms with E-state index in [2.05, 4.69) is 11.4 Å². The van der Waals surface area contributed by atoms with Gasteiger partial charge in [-0.1, -0.05) is 39.0 Å². The molecule has 2 rings (SSSR count). The lowest BCUT2D eigenvalue weighted by atomic mass is 9.96. The highest BCUT2D eigenvalue weighted by atomic mass is 32.1. The Labute approximate surface area is 113 Å². The number of carbonyl (C=O) groups excluding carboxylic acids is 1. The van der Waals surface area contributed by atoms with E-state index in [0.717, 1.165) is 18.7 Å². The number of anilines is 1. The summed E-state index contributed by atoms with van der Waals surface area (Å²) in [5.41, 5.74) is 1.96. The number of hydrogen-bond acceptors (Lipinski definition) is 2. The zero-order valence-corrected chi connectivity index (χ0v) is 11.8. The number of hydrogen-bond donors (Lipinski definition) is 1. The maximum absolute atomic E-state index is 11.9. The fraction of sp³-hybridized carbons (Fsp3) is 0.429. The Bertz CT molecular complexity index is 491. The van der Waals surface area contributed by atoms with Gasteiger partial charge in [0.25, 0.3) is 0 Å². The van der Waals surface area contributed by atoms with E-state index in [1.165, 1.54) is 5.56 Å². The number of nitrogens with zero attached hydrogens (tertiary/aromatic N) is 1. The molecule has 1 aromatic carbocycles. The first-order chi connectivity index (χ1) is 8.39. The summed E-state index contributed by atoms with van der Waals surface area (Å²) in [5.74, 6) is -0.0446. The van der Waals surface area contributed by atoms with Gasteiger partial charge in [0.15, 0.2) is 5.11 Å². The number of para-hydroxylation sites is 1. The van der Waals surface area contributed by atoms with Gasteiger partial charge < -0.3 is 10.2 Å². The SMILES string of the molecule is CC(C)(C)C(=O)NC(=S)N1CCc2ccccc21. The number of carbonyl (C=O) groups is 1. The molecule has 0 bridgehead atoms. The molecule has 0 radical (unpaired) electrons. The van der Waals surface area contributed by atoms with Crippen molar-refractivity contribution >= 4 is 28.9 Å². The standard InChI is InChI=1S/C14H18N2OS/c1-14(2,3)12(17)15-13(18)16-9-8-10-6-4-5-7-11(10)16/h4-7H,8-9H2,1-3H3,(H,15,17,18). The highest BCUT2D eigenvalue weighted by Crippen LogP contribution is 2.27. The van der Waals surface area contributed by atoms with Crippen molar-refractivity contribution in [2.45, 2.75) is 27.2 Å². The summed E-state index contributed by atoms with van der Waals surface area (Å²) in [6, 6.07) is 8.16. The summed E-state index contributed by atoms with van der Waals surface area (Å²) in [7, 11) is 0. The first kappa shape index (κ1) is 13.0. The van der Waals surface area contributed by atoms with E-state index < -0.39 is 5.41 Å². The van der Waals surface area contributed by atoms with Gasteiger partial charge >= 0.3 is 0 Å². The molecule has 0 atom stereocenters. The summed E-state index contributed by atoms with van der Waals surface area (Å²) in [6.07, 6.45) is 0.974. The Hall–Kier alpha value is -1.42. The Balaban J connectivity index is 2.11. The van der Waals surface area contributed by atoms with Gasteiger partial charge in [-0.25, -0.2) is 0 Å². The zero-order valence-electron chi connectivity index (χ0n) is 11.0. The summed E-state index contributed by atoms with van der Waals surface area (Å²) < 4.78 is 0. The van der Waals surface area contributed by atoms with Gasteiger partial charge in [0.05, 0.1) is 0 Å². The first-order valence-electron chi connectivity index (χ1n) is 6.10. The Kier molecular flexibility index (Phi) is 3.39. The average molecular weight is 262 g/mol. The number of benzene rings is 1. The molecule has 1 aliphatic heterocycles. The second kappa shape index (κ2) is 4.69. The summed E-state index contributed by atoms with van der Waals surface area (Å²) in [5, 5.41) is 3.32. The molecule has 1 aliphatic rings. The molecular formula is C14H18N2OS. The molecule has 0 unspecified atom stereocenters. The average Bonchev–Trinajstić information content (AvgIpc) is 2.71. The lowest BCUT2D eigenvalue weighted by Crippen LogP contribution is -2.46. The van der Waals surface area contributed by atoms with Crippen LogP contribution in [0.15, 0.2) is 24.3 Å². The van der Waals surface area contributed by atoms with Crippen LogP contribution in [0.25, 0.3) is 0 Å². The summed E-state index contributed by atoms with van der Waals surface area (Å²) in [4.78, 5) is 13.9. The van der Waals surface area contributed by atoms with Crippen molar-refractivity contribution < 1.29 is 4.79 Å². The fourth-order valence-electron chi connectivity index (χ4n) is 1.90. The summed E-state index contributed by atoms with van der Waals surface area (Å²) in [6.45, 7) is 6.47. The van der Waals surface area contributed by atoms with Crippen LogP contribution in [0.1, 0.15) is 26.3 Å². The van der Waals surface area contributed by atoms with E-state index in [1.807, 2.05) is 43.9 Å². The van der Waals surface area contributed by atoms with E-state index in [-0.39, 0.29) is 5.91 Å². The van der Waals surface area contributed by atoms with Crippen LogP contribution in [0, 0.1) is 5.41 Å². The zero-order chi connectivity index (χ0) is 13.3. The number of amides is 1. The van der Waals surface area contributed by atoms with Gasteiger partial charge in [-0.2, -0.15) is 0 Å². The lowest BCUT2D eigenvalue weighted by Gasteiger charge is -2.24. The van der Waals surface area contributed by atoms with Crippen LogP contribution < -0.4 is 10.2 Å². The molecule has 1 amide bonds. The molecule has 0 fully saturated rings. The molecular weight excluding hydrogens is 244 g/mol. The predicted molar refractivity (Wildman–Crippen MR) is 77.7 cm³/mol. The van der Waals surface area contributed by atoms with Crippen molar-refractivity contribution in [2.24, 2.45) is 5.41 Å². The van der Waals surface area contributed by atoms with Gasteiger partial charge in [0, 0.05) is 17.6 Å². The predicted octanol–water partition coefficient (Wildman–Crippen LogP) is 2.50. The second-order valence-corrected chi connectivity index (χ2v) is 5.93. The number of rotatable bonds is 0. The molecule has 3 nitrogen and oxygen atoms in total. The molecule has 4 heteroatoms. The minimum Gasteiger partial charge on any atom is -0.318 e. The third-order valence-electron chi connectivity index (χ3n) is 3.03. The smallest absolute Gasteiger partial charge is 0.231 e. The van der Waals surface area contributed by atoms with Crippen molar-refractivity contribution in [1.82, 2.24) is 5.32 Å². The minimum atomic E-state index is -0.427. The molecule has 1 heterocycles. The maximum Gasteiger partial charge on any atom is 0.231 e. The largest absolute Gasteiger partial charge is 0.318 e. The molecule has 0 spiro atoms. The van der Waals surface area contributed by atoms with Gasteiger partial charge in [0.2, 0.25) is 5.91 Å². The van der Waals surface area contributed by atoms with Gasteiger partial charge in [0.1, 0.15) is 0 Å². The van der Waals surface area contributed by atoms with Crippen LogP contribution in [0.2, 0.25) is 0 Å². The Morgan fingerprint density at radius 3 is 2.67 bits per heavy atom. The van der Waals surface area contributed by atoms with E-state index in [9.17, 15) is 4.79 Å². The molecule has 18 heavy (non-hydrogen) atoms. The first-order valence-corrected chi connectivity index (χ1v) is 6.51. The van der Waals surface area contributed by atoms with Gasteiger partial charge in [-0.15, -0.1) is 0 Å². The number of thiocarbonyl (C=S) groups is 1. The number of fused-ring (bicyclic) bond motifs is 1. The minimum absolute atomic E-state index is 0.0446. The van der Waals surface area contributed by atoms with E-state index in [4.69, 9.17) is 12.2 Å². The highest BCUT2D eigenvalue weighted by molar-refractivity contribution is 7.80. The van der Waals surface area contributed by atoms with Crippen LogP contribution in [-0.2, 0) is 11.2 Å². The van der Waals surface area contributed by atoms with Crippen molar-refractivity contribution in [2.75, 3.05) is 11.4 Å². The van der Waals surface area contributed by atoms with E-state index in [1.54, 1.807) is 0 Å². The number of nitrogens with one attached hydrogen (secondary N) is 1. The van der Waals surface area contributed by atoms with Crippen molar-refractivity contribution in [3.8, 4) is 0 Å². The monoisotopic (exact) mass is 262 g/mol. The van der Waals surface area contributed by atoms with Gasteiger partial charge in [-0.05, 0) is 30.3 Å². The molecule has 0 aromatic heterocycles. The van der Waals surface area contributed by atoms with Crippen LogP contribution >= 0.6 is 12.2 Å². The lowest BCUT2D eigenvalue weighted by molar-refractivity contribution is -0.126.